The van der Waals surface area contributed by atoms with Crippen molar-refractivity contribution in [1.29, 1.82) is 0 Å². The molecule has 0 aliphatic heterocycles. The van der Waals surface area contributed by atoms with Gasteiger partial charge in [0.1, 0.15) is 0 Å². The van der Waals surface area contributed by atoms with E-state index in [2.05, 4.69) is 4.72 Å². The highest BCUT2D eigenvalue weighted by Gasteiger charge is 2.16. The molecule has 0 bridgehead atoms. The average Bonchev–Trinajstić information content (AvgIpc) is 2.28. The number of benzene rings is 1. The molecule has 0 radical (unpaired) electrons. The van der Waals surface area contributed by atoms with E-state index < -0.39 is 10.0 Å². The Balaban J connectivity index is 2.83. The third-order valence-electron chi connectivity index (χ3n) is 2.43. The van der Waals surface area contributed by atoms with Gasteiger partial charge in [-0.3, -0.25) is 4.72 Å². The fourth-order valence-corrected chi connectivity index (χ4v) is 3.28. The van der Waals surface area contributed by atoms with Crippen LogP contribution in [0.1, 0.15) is 19.4 Å². The highest BCUT2D eigenvalue weighted by atomic mass is 35.5. The van der Waals surface area contributed by atoms with Gasteiger partial charge in [-0.2, -0.15) is 0 Å². The Morgan fingerprint density at radius 1 is 1.35 bits per heavy atom. The van der Waals surface area contributed by atoms with Gasteiger partial charge in [0.2, 0.25) is 10.0 Å². The predicted molar refractivity (Wildman–Crippen MR) is 73.1 cm³/mol. The minimum absolute atomic E-state index is 0.0501. The molecule has 0 heterocycles. The Bertz CT molecular complexity index is 459. The molecule has 1 atom stereocenters. The van der Waals surface area contributed by atoms with E-state index in [9.17, 15) is 8.42 Å². The van der Waals surface area contributed by atoms with Crippen molar-refractivity contribution in [2.75, 3.05) is 16.4 Å². The maximum absolute atomic E-state index is 11.9. The van der Waals surface area contributed by atoms with Gasteiger partial charge >= 0.3 is 0 Å². The maximum Gasteiger partial charge on any atom is 0.233 e. The van der Waals surface area contributed by atoms with Gasteiger partial charge < -0.3 is 0 Å². The van der Waals surface area contributed by atoms with Gasteiger partial charge in [0.25, 0.3) is 0 Å². The summed E-state index contributed by atoms with van der Waals surface area (Å²) in [5, 5.41) is 0. The number of anilines is 1. The molecule has 0 fully saturated rings. The van der Waals surface area contributed by atoms with Gasteiger partial charge in [0, 0.05) is 5.88 Å². The molecule has 17 heavy (non-hydrogen) atoms. The molecule has 1 aromatic carbocycles. The predicted octanol–water partition coefficient (Wildman–Crippen LogP) is 2.87. The first-order chi connectivity index (χ1) is 7.98. The van der Waals surface area contributed by atoms with Crippen molar-refractivity contribution in [1.82, 2.24) is 0 Å². The van der Waals surface area contributed by atoms with E-state index in [1.165, 1.54) is 0 Å². The van der Waals surface area contributed by atoms with E-state index in [4.69, 9.17) is 11.6 Å². The number of hydrogen-bond donors (Lipinski definition) is 1. The van der Waals surface area contributed by atoms with Crippen LogP contribution < -0.4 is 4.72 Å². The minimum Gasteiger partial charge on any atom is -0.283 e. The van der Waals surface area contributed by atoms with Gasteiger partial charge in [-0.1, -0.05) is 32.0 Å². The fourth-order valence-electron chi connectivity index (χ4n) is 1.56. The standard InChI is InChI=1S/C12H18ClNO2S/c1-3-11-6-4-5-7-12(11)14-17(15,16)9-10(2)8-13/h4-7,10,14H,3,8-9H2,1-2H3. The van der Waals surface area contributed by atoms with Crippen LogP contribution in [0, 0.1) is 5.92 Å². The molecule has 0 saturated heterocycles. The number of para-hydroxylation sites is 1. The highest BCUT2D eigenvalue weighted by Crippen LogP contribution is 2.18. The Labute approximate surface area is 108 Å². The van der Waals surface area contributed by atoms with Crippen LogP contribution in [-0.4, -0.2) is 20.1 Å². The first-order valence-corrected chi connectivity index (χ1v) is 7.81. The van der Waals surface area contributed by atoms with Crippen molar-refractivity contribution in [2.24, 2.45) is 5.92 Å². The molecule has 0 amide bonds. The smallest absolute Gasteiger partial charge is 0.233 e. The summed E-state index contributed by atoms with van der Waals surface area (Å²) in [6.45, 7) is 3.81. The summed E-state index contributed by atoms with van der Waals surface area (Å²) in [4.78, 5) is 0. The number of halogens is 1. The van der Waals surface area contributed by atoms with Crippen LogP contribution in [0.5, 0.6) is 0 Å². The topological polar surface area (TPSA) is 46.2 Å². The molecule has 1 aromatic rings. The lowest BCUT2D eigenvalue weighted by Crippen LogP contribution is -2.22. The van der Waals surface area contributed by atoms with Crippen molar-refractivity contribution in [3.63, 3.8) is 0 Å². The molecular formula is C12H18ClNO2S. The number of hydrogen-bond acceptors (Lipinski definition) is 2. The Morgan fingerprint density at radius 3 is 2.59 bits per heavy atom. The monoisotopic (exact) mass is 275 g/mol. The number of nitrogens with one attached hydrogen (secondary N) is 1. The van der Waals surface area contributed by atoms with Crippen LogP contribution in [-0.2, 0) is 16.4 Å². The van der Waals surface area contributed by atoms with E-state index in [1.54, 1.807) is 6.07 Å². The van der Waals surface area contributed by atoms with Crippen molar-refractivity contribution in [2.45, 2.75) is 20.3 Å². The summed E-state index contributed by atoms with van der Waals surface area (Å²) in [6.07, 6.45) is 0.795. The summed E-state index contributed by atoms with van der Waals surface area (Å²) < 4.78 is 26.4. The zero-order valence-corrected chi connectivity index (χ0v) is 11.7. The second-order valence-corrected chi connectivity index (χ2v) is 6.23. The van der Waals surface area contributed by atoms with Crippen LogP contribution in [0.4, 0.5) is 5.69 Å². The molecule has 0 aliphatic carbocycles. The lowest BCUT2D eigenvalue weighted by atomic mass is 10.1. The summed E-state index contributed by atoms with van der Waals surface area (Å²) in [6, 6.07) is 7.42. The van der Waals surface area contributed by atoms with Crippen LogP contribution >= 0.6 is 11.6 Å². The quantitative estimate of drug-likeness (QED) is 0.812. The summed E-state index contributed by atoms with van der Waals surface area (Å²) >= 11 is 5.63. The lowest BCUT2D eigenvalue weighted by Gasteiger charge is -2.13. The SMILES string of the molecule is CCc1ccccc1NS(=O)(=O)CC(C)CCl. The molecule has 5 heteroatoms. The molecule has 1 N–H and O–H groups in total. The second kappa shape index (κ2) is 6.26. The first kappa shape index (κ1) is 14.3. The fraction of sp³-hybridized carbons (Fsp3) is 0.500. The Morgan fingerprint density at radius 2 is 2.00 bits per heavy atom. The van der Waals surface area contributed by atoms with E-state index in [0.717, 1.165) is 12.0 Å². The minimum atomic E-state index is -3.31. The van der Waals surface area contributed by atoms with E-state index in [1.807, 2.05) is 32.0 Å². The van der Waals surface area contributed by atoms with E-state index >= 15 is 0 Å². The number of sulfonamides is 1. The van der Waals surface area contributed by atoms with E-state index in [-0.39, 0.29) is 11.7 Å². The lowest BCUT2D eigenvalue weighted by molar-refractivity contribution is 0.588. The van der Waals surface area contributed by atoms with Gasteiger partial charge in [-0.25, -0.2) is 8.42 Å². The van der Waals surface area contributed by atoms with Crippen LogP contribution in [0.15, 0.2) is 24.3 Å². The molecule has 0 spiro atoms. The highest BCUT2D eigenvalue weighted by molar-refractivity contribution is 7.92. The van der Waals surface area contributed by atoms with Crippen molar-refractivity contribution < 1.29 is 8.42 Å². The molecule has 0 aromatic heterocycles. The molecule has 1 rings (SSSR count). The second-order valence-electron chi connectivity index (χ2n) is 4.15. The summed E-state index contributed by atoms with van der Waals surface area (Å²) in [7, 11) is -3.31. The number of aryl methyl sites for hydroxylation is 1. The number of rotatable bonds is 6. The number of alkyl halides is 1. The van der Waals surface area contributed by atoms with Gasteiger partial charge in [-0.15, -0.1) is 11.6 Å². The molecular weight excluding hydrogens is 258 g/mol. The average molecular weight is 276 g/mol. The molecule has 3 nitrogen and oxygen atoms in total. The third-order valence-corrected chi connectivity index (χ3v) is 4.50. The van der Waals surface area contributed by atoms with Crippen LogP contribution in [0.25, 0.3) is 0 Å². The molecule has 1 unspecified atom stereocenters. The van der Waals surface area contributed by atoms with Crippen molar-refractivity contribution in [3.8, 4) is 0 Å². The molecule has 0 aliphatic rings. The van der Waals surface area contributed by atoms with Crippen LogP contribution in [0.2, 0.25) is 0 Å². The third kappa shape index (κ3) is 4.56. The summed E-state index contributed by atoms with van der Waals surface area (Å²) in [5.41, 5.74) is 1.66. The van der Waals surface area contributed by atoms with Gasteiger partial charge in [-0.05, 0) is 24.0 Å². The van der Waals surface area contributed by atoms with Crippen LogP contribution in [0.3, 0.4) is 0 Å². The maximum atomic E-state index is 11.9. The van der Waals surface area contributed by atoms with Gasteiger partial charge in [0.15, 0.2) is 0 Å². The van der Waals surface area contributed by atoms with E-state index in [0.29, 0.717) is 11.6 Å². The summed E-state index contributed by atoms with van der Waals surface area (Å²) in [5.74, 6) is 0.341. The zero-order valence-electron chi connectivity index (χ0n) is 10.1. The molecule has 0 saturated carbocycles. The Kier molecular flexibility index (Phi) is 5.28. The van der Waals surface area contributed by atoms with Crippen molar-refractivity contribution in [3.05, 3.63) is 29.8 Å². The van der Waals surface area contributed by atoms with Crippen molar-refractivity contribution >= 4 is 27.3 Å². The first-order valence-electron chi connectivity index (χ1n) is 5.63. The largest absolute Gasteiger partial charge is 0.283 e. The molecule has 96 valence electrons. The Hall–Kier alpha value is -0.740. The zero-order chi connectivity index (χ0) is 12.9. The van der Waals surface area contributed by atoms with Gasteiger partial charge in [0.05, 0.1) is 11.4 Å². The normalized spacial score (nSPS) is 13.4.